The van der Waals surface area contributed by atoms with E-state index in [4.69, 9.17) is 23.2 Å². The first-order valence-corrected chi connectivity index (χ1v) is 6.61. The minimum atomic E-state index is -1.43. The predicted octanol–water partition coefficient (Wildman–Crippen LogP) is 3.48. The van der Waals surface area contributed by atoms with E-state index in [-0.39, 0.29) is 27.0 Å². The predicted molar refractivity (Wildman–Crippen MR) is 79.9 cm³/mol. The Kier molecular flexibility index (Phi) is 4.45. The van der Waals surface area contributed by atoms with Crippen molar-refractivity contribution < 1.29 is 9.90 Å². The molecule has 21 heavy (non-hydrogen) atoms. The molecule has 0 saturated carbocycles. The van der Waals surface area contributed by atoms with Crippen LogP contribution in [-0.2, 0) is 0 Å². The zero-order valence-corrected chi connectivity index (χ0v) is 12.4. The van der Waals surface area contributed by atoms with Crippen molar-refractivity contribution in [3.05, 3.63) is 62.5 Å². The van der Waals surface area contributed by atoms with Crippen LogP contribution < -0.4 is 10.1 Å². The maximum absolute atomic E-state index is 11.2. The van der Waals surface area contributed by atoms with Crippen molar-refractivity contribution in [2.75, 3.05) is 5.01 Å². The molecule has 0 bridgehead atoms. The van der Waals surface area contributed by atoms with E-state index in [1.807, 2.05) is 0 Å². The van der Waals surface area contributed by atoms with Gasteiger partial charge in [-0.2, -0.15) is 5.01 Å². The molecule has 0 saturated heterocycles. The summed E-state index contributed by atoms with van der Waals surface area (Å²) in [6.07, 6.45) is 0. The highest BCUT2D eigenvalue weighted by atomic mass is 35.5. The van der Waals surface area contributed by atoms with Crippen molar-refractivity contribution >= 4 is 40.5 Å². The highest BCUT2D eigenvalue weighted by Gasteiger charge is 2.21. The summed E-state index contributed by atoms with van der Waals surface area (Å²) in [5.41, 5.74) is 0.644. The molecular weight excluding hydrogens is 315 g/mol. The van der Waals surface area contributed by atoms with Crippen molar-refractivity contribution in [3.8, 4) is 0 Å². The van der Waals surface area contributed by atoms with E-state index < -0.39 is 5.97 Å². The van der Waals surface area contributed by atoms with Gasteiger partial charge in [-0.25, -0.2) is 0 Å². The van der Waals surface area contributed by atoms with Crippen LogP contribution in [0.1, 0.15) is 15.9 Å². The average molecular weight is 324 g/mol. The van der Waals surface area contributed by atoms with Crippen LogP contribution in [0, 0.1) is 11.8 Å². The van der Waals surface area contributed by atoms with Crippen LogP contribution in [0.15, 0.2) is 41.7 Å². The first kappa shape index (κ1) is 15.3. The van der Waals surface area contributed by atoms with Gasteiger partial charge in [-0.3, -0.25) is 0 Å². The largest absolute Gasteiger partial charge is 0.545 e. The van der Waals surface area contributed by atoms with E-state index >= 15 is 0 Å². The molecule has 5 nitrogen and oxygen atoms in total. The summed E-state index contributed by atoms with van der Waals surface area (Å²) in [4.78, 5) is 22.4. The van der Waals surface area contributed by atoms with Gasteiger partial charge in [0.15, 0.2) is 0 Å². The fraction of sp³-hybridized carbons (Fsp3) is 0.0714. The second-order valence-corrected chi connectivity index (χ2v) is 5.01. The van der Waals surface area contributed by atoms with Crippen LogP contribution in [0.5, 0.6) is 0 Å². The minimum Gasteiger partial charge on any atom is -0.545 e. The second kappa shape index (κ2) is 6.11. The lowest BCUT2D eigenvalue weighted by Crippen LogP contribution is -2.25. The van der Waals surface area contributed by atoms with Crippen molar-refractivity contribution in [2.45, 2.75) is 6.92 Å². The lowest BCUT2D eigenvalue weighted by atomic mass is 10.1. The third kappa shape index (κ3) is 2.84. The van der Waals surface area contributed by atoms with Gasteiger partial charge in [0.1, 0.15) is 5.69 Å². The number of carbonyl (C=O) groups excluding carboxylic acids is 1. The minimum absolute atomic E-state index is 0.0295. The van der Waals surface area contributed by atoms with Gasteiger partial charge in [-0.15, -0.1) is 4.91 Å². The van der Waals surface area contributed by atoms with E-state index in [1.54, 1.807) is 25.1 Å². The van der Waals surface area contributed by atoms with Crippen LogP contribution >= 0.6 is 23.2 Å². The second-order valence-electron chi connectivity index (χ2n) is 4.22. The molecule has 0 amide bonds. The Morgan fingerprint density at radius 1 is 1.19 bits per heavy atom. The topological polar surface area (TPSA) is 72.8 Å². The zero-order chi connectivity index (χ0) is 15.6. The molecule has 7 heteroatoms. The van der Waals surface area contributed by atoms with E-state index in [9.17, 15) is 14.8 Å². The Bertz CT molecular complexity index is 719. The molecule has 0 atom stereocenters. The zero-order valence-electron chi connectivity index (χ0n) is 10.8. The van der Waals surface area contributed by atoms with E-state index in [0.717, 1.165) is 5.01 Å². The highest BCUT2D eigenvalue weighted by molar-refractivity contribution is 6.39. The van der Waals surface area contributed by atoms with Gasteiger partial charge in [0.2, 0.25) is 0 Å². The van der Waals surface area contributed by atoms with Gasteiger partial charge in [0.05, 0.1) is 27.0 Å². The van der Waals surface area contributed by atoms with Crippen LogP contribution in [0.2, 0.25) is 10.0 Å². The lowest BCUT2D eigenvalue weighted by molar-refractivity contribution is -0.254. The number of nitroso groups, excluding NO2 is 1. The number of rotatable bonds is 4. The highest BCUT2D eigenvalue weighted by Crippen LogP contribution is 2.40. The van der Waals surface area contributed by atoms with Crippen molar-refractivity contribution in [1.82, 2.24) is 0 Å². The van der Waals surface area contributed by atoms with Gasteiger partial charge < -0.3 is 9.90 Å². The Hall–Kier alpha value is -2.11. The number of hydrogen-bond donors (Lipinski definition) is 0. The summed E-state index contributed by atoms with van der Waals surface area (Å²) in [6, 6.07) is 9.04. The molecular formula is C14H9Cl2N2O3-. The van der Waals surface area contributed by atoms with Crippen LogP contribution in [0.25, 0.3) is 0 Å². The van der Waals surface area contributed by atoms with Crippen molar-refractivity contribution in [3.63, 3.8) is 0 Å². The van der Waals surface area contributed by atoms with E-state index in [0.29, 0.717) is 5.56 Å². The first-order chi connectivity index (χ1) is 9.97. The summed E-state index contributed by atoms with van der Waals surface area (Å²) >= 11 is 12.2. The maximum atomic E-state index is 11.2. The number of benzene rings is 2. The van der Waals surface area contributed by atoms with Crippen LogP contribution in [0.4, 0.5) is 11.4 Å². The molecule has 108 valence electrons. The monoisotopic (exact) mass is 323 g/mol. The Morgan fingerprint density at radius 3 is 2.48 bits per heavy atom. The number of halogens is 2. The fourth-order valence-electron chi connectivity index (χ4n) is 1.87. The van der Waals surface area contributed by atoms with Crippen molar-refractivity contribution in [2.24, 2.45) is 5.29 Å². The van der Waals surface area contributed by atoms with Crippen LogP contribution in [0.3, 0.4) is 0 Å². The van der Waals surface area contributed by atoms with Gasteiger partial charge in [-0.05, 0) is 24.6 Å². The summed E-state index contributed by atoms with van der Waals surface area (Å²) < 4.78 is 0. The molecule has 0 fully saturated rings. The molecule has 0 unspecified atom stereocenters. The molecule has 0 aromatic heterocycles. The molecule has 0 aliphatic carbocycles. The third-order valence-electron chi connectivity index (χ3n) is 2.91. The maximum Gasteiger partial charge on any atom is 0.106 e. The van der Waals surface area contributed by atoms with E-state index in [2.05, 4.69) is 5.29 Å². The molecule has 0 aliphatic rings. The average Bonchev–Trinajstić information content (AvgIpc) is 2.47. The summed E-state index contributed by atoms with van der Waals surface area (Å²) in [5.74, 6) is -1.43. The van der Waals surface area contributed by atoms with Gasteiger partial charge in [0.25, 0.3) is 0 Å². The molecule has 2 rings (SSSR count). The van der Waals surface area contributed by atoms with Crippen molar-refractivity contribution in [1.29, 1.82) is 0 Å². The number of anilines is 2. The molecule has 0 spiro atoms. The summed E-state index contributed by atoms with van der Waals surface area (Å²) in [5, 5.41) is 15.3. The molecule has 0 radical (unpaired) electrons. The van der Waals surface area contributed by atoms with Crippen LogP contribution in [-0.4, -0.2) is 5.97 Å². The van der Waals surface area contributed by atoms with Gasteiger partial charge in [0, 0.05) is 5.56 Å². The number of carboxylic acid groups (broad SMARTS) is 1. The normalized spacial score (nSPS) is 10.2. The number of carboxylic acids is 1. The van der Waals surface area contributed by atoms with Gasteiger partial charge >= 0.3 is 0 Å². The number of aromatic carboxylic acids is 1. The quantitative estimate of drug-likeness (QED) is 0.637. The van der Waals surface area contributed by atoms with E-state index in [1.165, 1.54) is 18.2 Å². The third-order valence-corrected chi connectivity index (χ3v) is 3.69. The number of aryl methyl sites for hydroxylation is 1. The summed E-state index contributed by atoms with van der Waals surface area (Å²) in [7, 11) is 0. The number of hydrogen-bond acceptors (Lipinski definition) is 4. The Labute approximate surface area is 130 Å². The molecule has 0 N–H and O–H groups in total. The SMILES string of the molecule is Cc1ccc(Cl)c(N(N=O)c2ccccc2C(=O)[O-])c1Cl. The fourth-order valence-corrected chi connectivity index (χ4v) is 2.40. The smallest absolute Gasteiger partial charge is 0.106 e. The standard InChI is InChI=1S/C14H10Cl2N2O3/c1-8-6-7-10(15)13(12(8)16)18(17-21)11-5-3-2-4-9(11)14(19)20/h2-7H,1H3,(H,19,20)/p-1. The number of carbonyl (C=O) groups is 1. The molecule has 2 aromatic rings. The first-order valence-electron chi connectivity index (χ1n) is 5.85. The Morgan fingerprint density at radius 2 is 1.86 bits per heavy atom. The number of nitrogens with zero attached hydrogens (tertiary/aromatic N) is 2. The Balaban J connectivity index is 2.70. The molecule has 0 heterocycles. The summed E-state index contributed by atoms with van der Waals surface area (Å²) in [6.45, 7) is 1.73. The molecule has 2 aromatic carbocycles. The van der Waals surface area contributed by atoms with Gasteiger partial charge in [-0.1, -0.05) is 47.5 Å². The number of para-hydroxylation sites is 1. The molecule has 0 aliphatic heterocycles. The lowest BCUT2D eigenvalue weighted by Gasteiger charge is -2.22.